The highest BCUT2D eigenvalue weighted by Crippen LogP contribution is 2.12. The van der Waals surface area contributed by atoms with Gasteiger partial charge in [-0.15, -0.1) is 0 Å². The molecule has 0 saturated carbocycles. The summed E-state index contributed by atoms with van der Waals surface area (Å²) in [5.74, 6) is 0.378. The molecule has 0 bridgehead atoms. The smallest absolute Gasteiger partial charge is 0.225 e. The van der Waals surface area contributed by atoms with Crippen LogP contribution in [0.2, 0.25) is 0 Å². The molecule has 0 aliphatic heterocycles. The molecule has 0 spiro atoms. The quantitative estimate of drug-likeness (QED) is 0.804. The topological polar surface area (TPSA) is 49.0 Å². The summed E-state index contributed by atoms with van der Waals surface area (Å²) in [6.45, 7) is 4.74. The van der Waals surface area contributed by atoms with E-state index >= 15 is 0 Å². The van der Waals surface area contributed by atoms with Crippen molar-refractivity contribution in [1.29, 1.82) is 0 Å². The number of hydrogen-bond acceptors (Lipinski definition) is 2. The Morgan fingerprint density at radius 3 is 2.67 bits per heavy atom. The summed E-state index contributed by atoms with van der Waals surface area (Å²) in [4.78, 5) is 13.7. The van der Waals surface area contributed by atoms with Crippen LogP contribution in [0.3, 0.4) is 0 Å². The number of carbonyl (C=O) groups is 1. The minimum Gasteiger partial charge on any atom is -0.341 e. The van der Waals surface area contributed by atoms with Crippen molar-refractivity contribution in [2.45, 2.75) is 33.2 Å². The number of hydrogen-bond donors (Lipinski definition) is 1. The van der Waals surface area contributed by atoms with Gasteiger partial charge in [0.2, 0.25) is 5.91 Å². The lowest BCUT2D eigenvalue weighted by Gasteiger charge is -2.21. The van der Waals surface area contributed by atoms with Crippen LogP contribution in [0.4, 0.5) is 0 Å². The second-order valence-corrected chi connectivity index (χ2v) is 3.81. The molecule has 1 aromatic rings. The van der Waals surface area contributed by atoms with Crippen molar-refractivity contribution in [2.24, 2.45) is 5.92 Å². The van der Waals surface area contributed by atoms with Gasteiger partial charge < -0.3 is 4.90 Å². The average molecular weight is 209 g/mol. The zero-order valence-corrected chi connectivity index (χ0v) is 9.66. The van der Waals surface area contributed by atoms with Crippen LogP contribution in [-0.4, -0.2) is 28.1 Å². The monoisotopic (exact) mass is 209 g/mol. The Bertz CT molecular complexity index is 291. The Morgan fingerprint density at radius 2 is 2.20 bits per heavy atom. The fourth-order valence-corrected chi connectivity index (χ4v) is 1.67. The summed E-state index contributed by atoms with van der Waals surface area (Å²) >= 11 is 0. The molecule has 4 heteroatoms. The molecule has 1 N–H and O–H groups in total. The van der Waals surface area contributed by atoms with Gasteiger partial charge in [-0.25, -0.2) is 0 Å². The summed E-state index contributed by atoms with van der Waals surface area (Å²) in [6, 6.07) is 0. The van der Waals surface area contributed by atoms with E-state index in [0.717, 1.165) is 18.4 Å². The van der Waals surface area contributed by atoms with E-state index in [0.29, 0.717) is 6.54 Å². The van der Waals surface area contributed by atoms with E-state index in [9.17, 15) is 4.79 Å². The van der Waals surface area contributed by atoms with E-state index in [-0.39, 0.29) is 11.8 Å². The third kappa shape index (κ3) is 3.08. The molecule has 0 unspecified atom stereocenters. The van der Waals surface area contributed by atoms with Crippen LogP contribution in [0, 0.1) is 5.92 Å². The minimum atomic E-state index is 0.155. The first-order valence-electron chi connectivity index (χ1n) is 5.41. The zero-order valence-electron chi connectivity index (χ0n) is 9.66. The standard InChI is InChI=1S/C11H19N3O/c1-4-10(5-2)11(15)14(3)8-9-6-12-13-7-9/h6-7,10H,4-5,8H2,1-3H3,(H,12,13). The molecule has 15 heavy (non-hydrogen) atoms. The molecule has 0 aromatic carbocycles. The second kappa shape index (κ2) is 5.53. The Balaban J connectivity index is 2.53. The SMILES string of the molecule is CCC(CC)C(=O)N(C)Cc1cn[nH]c1. The Kier molecular flexibility index (Phi) is 4.34. The Labute approximate surface area is 90.7 Å². The molecule has 0 aliphatic rings. The van der Waals surface area contributed by atoms with Gasteiger partial charge in [0.15, 0.2) is 0 Å². The summed E-state index contributed by atoms with van der Waals surface area (Å²) in [5, 5.41) is 6.60. The third-order valence-electron chi connectivity index (χ3n) is 2.69. The van der Waals surface area contributed by atoms with E-state index in [1.807, 2.05) is 13.2 Å². The molecule has 1 aromatic heterocycles. The maximum atomic E-state index is 11.9. The maximum absolute atomic E-state index is 11.9. The minimum absolute atomic E-state index is 0.155. The summed E-state index contributed by atoms with van der Waals surface area (Å²) in [7, 11) is 1.84. The Hall–Kier alpha value is -1.32. The summed E-state index contributed by atoms with van der Waals surface area (Å²) < 4.78 is 0. The molecule has 0 aliphatic carbocycles. The van der Waals surface area contributed by atoms with Crippen LogP contribution < -0.4 is 0 Å². The number of H-pyrrole nitrogens is 1. The lowest BCUT2D eigenvalue weighted by atomic mass is 10.0. The van der Waals surface area contributed by atoms with E-state index < -0.39 is 0 Å². The highest BCUT2D eigenvalue weighted by Gasteiger charge is 2.18. The summed E-state index contributed by atoms with van der Waals surface area (Å²) in [5.41, 5.74) is 1.04. The number of aromatic nitrogens is 2. The predicted molar refractivity (Wildman–Crippen MR) is 59.1 cm³/mol. The molecule has 0 fully saturated rings. The number of rotatable bonds is 5. The number of nitrogens with zero attached hydrogens (tertiary/aromatic N) is 2. The van der Waals surface area contributed by atoms with Crippen LogP contribution in [-0.2, 0) is 11.3 Å². The third-order valence-corrected chi connectivity index (χ3v) is 2.69. The molecular formula is C11H19N3O. The fourth-order valence-electron chi connectivity index (χ4n) is 1.67. The van der Waals surface area contributed by atoms with Crippen LogP contribution >= 0.6 is 0 Å². The van der Waals surface area contributed by atoms with Gasteiger partial charge in [0.1, 0.15) is 0 Å². The molecule has 0 saturated heterocycles. The normalized spacial score (nSPS) is 10.7. The van der Waals surface area contributed by atoms with Crippen molar-refractivity contribution >= 4 is 5.91 Å². The first kappa shape index (κ1) is 11.8. The average Bonchev–Trinajstić information content (AvgIpc) is 2.72. The van der Waals surface area contributed by atoms with E-state index in [1.165, 1.54) is 0 Å². The second-order valence-electron chi connectivity index (χ2n) is 3.81. The lowest BCUT2D eigenvalue weighted by molar-refractivity contribution is -0.134. The van der Waals surface area contributed by atoms with Crippen molar-refractivity contribution in [3.63, 3.8) is 0 Å². The van der Waals surface area contributed by atoms with Crippen molar-refractivity contribution < 1.29 is 4.79 Å². The van der Waals surface area contributed by atoms with E-state index in [1.54, 1.807) is 11.1 Å². The van der Waals surface area contributed by atoms with Gasteiger partial charge in [0, 0.05) is 31.3 Å². The van der Waals surface area contributed by atoms with Gasteiger partial charge in [-0.3, -0.25) is 9.89 Å². The largest absolute Gasteiger partial charge is 0.341 e. The molecular weight excluding hydrogens is 190 g/mol. The zero-order chi connectivity index (χ0) is 11.3. The number of aromatic amines is 1. The van der Waals surface area contributed by atoms with Gasteiger partial charge in [0.25, 0.3) is 0 Å². The molecule has 4 nitrogen and oxygen atoms in total. The van der Waals surface area contributed by atoms with Crippen LogP contribution in [0.5, 0.6) is 0 Å². The Morgan fingerprint density at radius 1 is 1.53 bits per heavy atom. The first-order valence-corrected chi connectivity index (χ1v) is 5.41. The number of nitrogens with one attached hydrogen (secondary N) is 1. The fraction of sp³-hybridized carbons (Fsp3) is 0.636. The first-order chi connectivity index (χ1) is 7.19. The van der Waals surface area contributed by atoms with Crippen molar-refractivity contribution in [1.82, 2.24) is 15.1 Å². The van der Waals surface area contributed by atoms with Crippen molar-refractivity contribution in [2.75, 3.05) is 7.05 Å². The van der Waals surface area contributed by atoms with Crippen LogP contribution in [0.15, 0.2) is 12.4 Å². The van der Waals surface area contributed by atoms with Crippen LogP contribution in [0.1, 0.15) is 32.3 Å². The van der Waals surface area contributed by atoms with Crippen LogP contribution in [0.25, 0.3) is 0 Å². The predicted octanol–water partition coefficient (Wildman–Crippen LogP) is 1.80. The molecule has 0 atom stereocenters. The highest BCUT2D eigenvalue weighted by atomic mass is 16.2. The van der Waals surface area contributed by atoms with Gasteiger partial charge in [-0.2, -0.15) is 5.10 Å². The highest BCUT2D eigenvalue weighted by molar-refractivity contribution is 5.78. The van der Waals surface area contributed by atoms with Gasteiger partial charge in [-0.1, -0.05) is 13.8 Å². The molecule has 1 amide bonds. The lowest BCUT2D eigenvalue weighted by Crippen LogP contribution is -2.31. The summed E-state index contributed by atoms with van der Waals surface area (Å²) in [6.07, 6.45) is 5.38. The molecule has 0 radical (unpaired) electrons. The number of carbonyl (C=O) groups excluding carboxylic acids is 1. The van der Waals surface area contributed by atoms with E-state index in [2.05, 4.69) is 24.0 Å². The number of amides is 1. The molecule has 84 valence electrons. The van der Waals surface area contributed by atoms with Gasteiger partial charge in [-0.05, 0) is 12.8 Å². The van der Waals surface area contributed by atoms with Crippen molar-refractivity contribution in [3.05, 3.63) is 18.0 Å². The van der Waals surface area contributed by atoms with Gasteiger partial charge in [0.05, 0.1) is 6.20 Å². The van der Waals surface area contributed by atoms with E-state index in [4.69, 9.17) is 0 Å². The molecule has 1 rings (SSSR count). The van der Waals surface area contributed by atoms with Crippen molar-refractivity contribution in [3.8, 4) is 0 Å². The van der Waals surface area contributed by atoms with Gasteiger partial charge >= 0.3 is 0 Å². The molecule has 1 heterocycles. The maximum Gasteiger partial charge on any atom is 0.225 e.